The molecule has 0 spiro atoms. The Balaban J connectivity index is 2.18. The third kappa shape index (κ3) is 3.33. The molecule has 0 amide bonds. The topological polar surface area (TPSA) is 32.3 Å². The molecular formula is C9H19NOS. The van der Waals surface area contributed by atoms with Crippen LogP contribution < -0.4 is 5.32 Å². The van der Waals surface area contributed by atoms with Gasteiger partial charge in [0.2, 0.25) is 0 Å². The van der Waals surface area contributed by atoms with Gasteiger partial charge in [-0.3, -0.25) is 0 Å². The van der Waals surface area contributed by atoms with E-state index in [9.17, 15) is 0 Å². The monoisotopic (exact) mass is 189 g/mol. The van der Waals surface area contributed by atoms with E-state index in [0.717, 1.165) is 6.42 Å². The third-order valence-electron chi connectivity index (χ3n) is 2.34. The number of aliphatic hydroxyl groups excluding tert-OH is 1. The largest absolute Gasteiger partial charge is 0.395 e. The lowest BCUT2D eigenvalue weighted by Gasteiger charge is -2.26. The molecule has 1 rings (SSSR count). The quantitative estimate of drug-likeness (QED) is 0.698. The minimum Gasteiger partial charge on any atom is -0.395 e. The maximum absolute atomic E-state index is 8.99. The minimum atomic E-state index is 0.275. The molecular weight excluding hydrogens is 170 g/mol. The Morgan fingerprint density at radius 3 is 3.00 bits per heavy atom. The Morgan fingerprint density at radius 2 is 2.50 bits per heavy atom. The lowest BCUT2D eigenvalue weighted by molar-refractivity contribution is 0.228. The van der Waals surface area contributed by atoms with E-state index in [1.807, 2.05) is 11.8 Å². The Labute approximate surface area is 79.1 Å². The van der Waals surface area contributed by atoms with Crippen LogP contribution in [-0.4, -0.2) is 35.3 Å². The second-order valence-corrected chi connectivity index (χ2v) is 4.52. The average molecular weight is 189 g/mol. The number of rotatable bonds is 4. The highest BCUT2D eigenvalue weighted by molar-refractivity contribution is 7.99. The van der Waals surface area contributed by atoms with Crippen molar-refractivity contribution in [1.29, 1.82) is 0 Å². The number of hydrogen-bond donors (Lipinski definition) is 2. The highest BCUT2D eigenvalue weighted by Gasteiger charge is 2.16. The van der Waals surface area contributed by atoms with Gasteiger partial charge in [0.15, 0.2) is 0 Å². The van der Waals surface area contributed by atoms with Gasteiger partial charge in [0.25, 0.3) is 0 Å². The van der Waals surface area contributed by atoms with Gasteiger partial charge in [-0.05, 0) is 25.0 Å². The molecule has 0 aromatic heterocycles. The lowest BCUT2D eigenvalue weighted by atomic mass is 10.1. The summed E-state index contributed by atoms with van der Waals surface area (Å²) < 4.78 is 0. The summed E-state index contributed by atoms with van der Waals surface area (Å²) in [6.45, 7) is 2.39. The van der Waals surface area contributed by atoms with E-state index in [-0.39, 0.29) is 6.61 Å². The van der Waals surface area contributed by atoms with Gasteiger partial charge in [-0.2, -0.15) is 11.8 Å². The Morgan fingerprint density at radius 1 is 1.67 bits per heavy atom. The number of hydrogen-bond acceptors (Lipinski definition) is 3. The molecule has 2 N–H and O–H groups in total. The van der Waals surface area contributed by atoms with E-state index in [1.54, 1.807) is 0 Å². The van der Waals surface area contributed by atoms with E-state index in [0.29, 0.717) is 12.1 Å². The molecule has 1 fully saturated rings. The van der Waals surface area contributed by atoms with Gasteiger partial charge in [-0.25, -0.2) is 0 Å². The van der Waals surface area contributed by atoms with E-state index in [1.165, 1.54) is 24.3 Å². The Hall–Kier alpha value is 0.270. The minimum absolute atomic E-state index is 0.275. The van der Waals surface area contributed by atoms with Crippen molar-refractivity contribution in [2.24, 2.45) is 0 Å². The molecule has 0 aliphatic carbocycles. The second-order valence-electron chi connectivity index (χ2n) is 3.37. The predicted molar refractivity (Wildman–Crippen MR) is 54.6 cm³/mol. The normalized spacial score (nSPS) is 27.0. The highest BCUT2D eigenvalue weighted by atomic mass is 32.2. The fraction of sp³-hybridized carbons (Fsp3) is 1.00. The first-order valence-electron chi connectivity index (χ1n) is 4.81. The van der Waals surface area contributed by atoms with Crippen molar-refractivity contribution < 1.29 is 5.11 Å². The molecule has 1 aliphatic rings. The lowest BCUT2D eigenvalue weighted by Crippen LogP contribution is -2.42. The van der Waals surface area contributed by atoms with Crippen LogP contribution in [0.4, 0.5) is 0 Å². The molecule has 2 nitrogen and oxygen atoms in total. The van der Waals surface area contributed by atoms with E-state index in [2.05, 4.69) is 12.2 Å². The SMILES string of the molecule is CC[C@H](CO)NC1CCCSC1. The van der Waals surface area contributed by atoms with Crippen molar-refractivity contribution in [2.75, 3.05) is 18.1 Å². The van der Waals surface area contributed by atoms with Gasteiger partial charge >= 0.3 is 0 Å². The molecule has 0 aromatic carbocycles. The summed E-state index contributed by atoms with van der Waals surface area (Å²) in [6, 6.07) is 0.953. The molecule has 1 unspecified atom stereocenters. The molecule has 12 heavy (non-hydrogen) atoms. The maximum atomic E-state index is 8.99. The standard InChI is InChI=1S/C9H19NOS/c1-2-8(6-11)10-9-4-3-5-12-7-9/h8-11H,2-7H2,1H3/t8-,9?/m1/s1. The summed E-state index contributed by atoms with van der Waals surface area (Å²) >= 11 is 2.02. The zero-order valence-corrected chi connectivity index (χ0v) is 8.57. The van der Waals surface area contributed by atoms with Crippen LogP contribution in [0.15, 0.2) is 0 Å². The van der Waals surface area contributed by atoms with Gasteiger partial charge in [-0.15, -0.1) is 0 Å². The van der Waals surface area contributed by atoms with Gasteiger partial charge in [0, 0.05) is 17.8 Å². The van der Waals surface area contributed by atoms with Crippen molar-refractivity contribution in [1.82, 2.24) is 5.32 Å². The first-order chi connectivity index (χ1) is 5.86. The molecule has 3 heteroatoms. The van der Waals surface area contributed by atoms with Crippen molar-refractivity contribution in [3.63, 3.8) is 0 Å². The van der Waals surface area contributed by atoms with Gasteiger partial charge in [0.05, 0.1) is 6.61 Å². The molecule has 0 aromatic rings. The van der Waals surface area contributed by atoms with Gasteiger partial charge < -0.3 is 10.4 Å². The average Bonchev–Trinajstić information content (AvgIpc) is 2.16. The molecule has 0 saturated carbocycles. The highest BCUT2D eigenvalue weighted by Crippen LogP contribution is 2.17. The molecule has 1 saturated heterocycles. The Kier molecular flexibility index (Phi) is 5.04. The molecule has 1 heterocycles. The number of thioether (sulfide) groups is 1. The third-order valence-corrected chi connectivity index (χ3v) is 3.56. The first-order valence-corrected chi connectivity index (χ1v) is 5.97. The van der Waals surface area contributed by atoms with Crippen molar-refractivity contribution in [3.8, 4) is 0 Å². The van der Waals surface area contributed by atoms with Crippen molar-refractivity contribution >= 4 is 11.8 Å². The van der Waals surface area contributed by atoms with E-state index < -0.39 is 0 Å². The zero-order valence-electron chi connectivity index (χ0n) is 7.75. The smallest absolute Gasteiger partial charge is 0.0584 e. The molecule has 72 valence electrons. The molecule has 0 bridgehead atoms. The van der Waals surface area contributed by atoms with Crippen LogP contribution in [0, 0.1) is 0 Å². The van der Waals surface area contributed by atoms with Gasteiger partial charge in [0.1, 0.15) is 0 Å². The molecule has 1 aliphatic heterocycles. The fourth-order valence-electron chi connectivity index (χ4n) is 1.51. The summed E-state index contributed by atoms with van der Waals surface area (Å²) in [5.41, 5.74) is 0. The predicted octanol–water partition coefficient (Wildman–Crippen LogP) is 1.24. The van der Waals surface area contributed by atoms with E-state index in [4.69, 9.17) is 5.11 Å². The van der Waals surface area contributed by atoms with E-state index >= 15 is 0 Å². The van der Waals surface area contributed by atoms with Crippen LogP contribution in [0.5, 0.6) is 0 Å². The van der Waals surface area contributed by atoms with Crippen LogP contribution in [-0.2, 0) is 0 Å². The van der Waals surface area contributed by atoms with Crippen molar-refractivity contribution in [3.05, 3.63) is 0 Å². The molecule has 2 atom stereocenters. The first kappa shape index (κ1) is 10.4. The molecule has 0 radical (unpaired) electrons. The van der Waals surface area contributed by atoms with Crippen LogP contribution >= 0.6 is 11.8 Å². The van der Waals surface area contributed by atoms with Crippen LogP contribution in [0.1, 0.15) is 26.2 Å². The van der Waals surface area contributed by atoms with Gasteiger partial charge in [-0.1, -0.05) is 6.92 Å². The fourth-order valence-corrected chi connectivity index (χ4v) is 2.59. The summed E-state index contributed by atoms with van der Waals surface area (Å²) in [5, 5.41) is 12.5. The van der Waals surface area contributed by atoms with Crippen LogP contribution in [0.25, 0.3) is 0 Å². The second kappa shape index (κ2) is 5.84. The number of aliphatic hydroxyl groups is 1. The van der Waals surface area contributed by atoms with Crippen molar-refractivity contribution in [2.45, 2.75) is 38.3 Å². The summed E-state index contributed by atoms with van der Waals surface area (Å²) in [5.74, 6) is 2.53. The van der Waals surface area contributed by atoms with Crippen LogP contribution in [0.3, 0.4) is 0 Å². The summed E-state index contributed by atoms with van der Waals surface area (Å²) in [6.07, 6.45) is 3.63. The Bertz CT molecular complexity index is 111. The van der Waals surface area contributed by atoms with Crippen LogP contribution in [0.2, 0.25) is 0 Å². The summed E-state index contributed by atoms with van der Waals surface area (Å²) in [4.78, 5) is 0. The summed E-state index contributed by atoms with van der Waals surface area (Å²) in [7, 11) is 0. The zero-order chi connectivity index (χ0) is 8.81. The maximum Gasteiger partial charge on any atom is 0.0584 e. The number of nitrogens with one attached hydrogen (secondary N) is 1.